The van der Waals surface area contributed by atoms with Crippen LogP contribution in [0.15, 0.2) is 30.3 Å². The van der Waals surface area contributed by atoms with Crippen LogP contribution < -0.4 is 5.32 Å². The number of nitrogens with one attached hydrogen (secondary N) is 1. The first-order chi connectivity index (χ1) is 9.67. The number of hydrogen-bond acceptors (Lipinski definition) is 2. The summed E-state index contributed by atoms with van der Waals surface area (Å²) in [6.45, 7) is 4.63. The Labute approximate surface area is 124 Å². The lowest BCUT2D eigenvalue weighted by Gasteiger charge is -2.43. The van der Waals surface area contributed by atoms with Crippen molar-refractivity contribution in [3.63, 3.8) is 0 Å². The third kappa shape index (κ3) is 3.42. The van der Waals surface area contributed by atoms with E-state index >= 15 is 0 Å². The summed E-state index contributed by atoms with van der Waals surface area (Å²) in [6, 6.07) is 13.0. The highest BCUT2D eigenvalue weighted by atomic mass is 15.2. The summed E-state index contributed by atoms with van der Waals surface area (Å²) in [5.41, 5.74) is 1.52. The molecule has 0 bridgehead atoms. The van der Waals surface area contributed by atoms with E-state index in [0.29, 0.717) is 18.1 Å². The molecule has 1 N–H and O–H groups in total. The molecule has 0 heterocycles. The maximum Gasteiger partial charge on any atom is 0.0254 e. The fourth-order valence-corrected chi connectivity index (χ4v) is 3.58. The molecule has 4 unspecified atom stereocenters. The van der Waals surface area contributed by atoms with Crippen LogP contribution in [-0.2, 0) is 0 Å². The van der Waals surface area contributed by atoms with Crippen molar-refractivity contribution in [3.8, 4) is 0 Å². The molecule has 0 amide bonds. The number of rotatable bonds is 5. The first-order valence-electron chi connectivity index (χ1n) is 8.11. The van der Waals surface area contributed by atoms with Crippen LogP contribution in [0.25, 0.3) is 0 Å². The van der Waals surface area contributed by atoms with Gasteiger partial charge in [-0.25, -0.2) is 0 Å². The van der Waals surface area contributed by atoms with Gasteiger partial charge in [0.1, 0.15) is 0 Å². The van der Waals surface area contributed by atoms with Crippen LogP contribution in [0.3, 0.4) is 0 Å². The summed E-state index contributed by atoms with van der Waals surface area (Å²) < 4.78 is 0. The molecule has 20 heavy (non-hydrogen) atoms. The molecule has 1 aliphatic rings. The number of hydrogen-bond donors (Lipinski definition) is 1. The van der Waals surface area contributed by atoms with Crippen molar-refractivity contribution in [2.24, 2.45) is 0 Å². The van der Waals surface area contributed by atoms with E-state index in [0.717, 1.165) is 5.92 Å². The van der Waals surface area contributed by atoms with Gasteiger partial charge in [0.15, 0.2) is 0 Å². The van der Waals surface area contributed by atoms with Crippen molar-refractivity contribution < 1.29 is 0 Å². The Kier molecular flexibility index (Phi) is 5.62. The molecule has 112 valence electrons. The standard InChI is InChI=1S/C18H30N2/c1-5-14(2)20(4)18-13-16(11-12-17(18)19-3)15-9-7-6-8-10-15/h6-10,14,16-19H,5,11-13H2,1-4H3. The molecule has 1 aromatic carbocycles. The summed E-state index contributed by atoms with van der Waals surface area (Å²) in [5.74, 6) is 0.720. The first kappa shape index (κ1) is 15.5. The van der Waals surface area contributed by atoms with Crippen LogP contribution in [0, 0.1) is 0 Å². The molecule has 1 saturated carbocycles. The Morgan fingerprint density at radius 3 is 2.55 bits per heavy atom. The van der Waals surface area contributed by atoms with E-state index < -0.39 is 0 Å². The van der Waals surface area contributed by atoms with Gasteiger partial charge in [0.2, 0.25) is 0 Å². The van der Waals surface area contributed by atoms with Gasteiger partial charge in [0.05, 0.1) is 0 Å². The SMILES string of the molecule is CCC(C)N(C)C1CC(c2ccccc2)CCC1NC. The minimum absolute atomic E-state index is 0.633. The molecule has 1 aromatic rings. The monoisotopic (exact) mass is 274 g/mol. The average Bonchev–Trinajstić information content (AvgIpc) is 2.53. The molecule has 2 heteroatoms. The van der Waals surface area contributed by atoms with E-state index in [9.17, 15) is 0 Å². The van der Waals surface area contributed by atoms with Gasteiger partial charge >= 0.3 is 0 Å². The van der Waals surface area contributed by atoms with E-state index in [1.165, 1.54) is 31.2 Å². The van der Waals surface area contributed by atoms with Crippen molar-refractivity contribution in [1.29, 1.82) is 0 Å². The van der Waals surface area contributed by atoms with Crippen LogP contribution in [0.5, 0.6) is 0 Å². The summed E-state index contributed by atoms with van der Waals surface area (Å²) >= 11 is 0. The molecular formula is C18H30N2. The van der Waals surface area contributed by atoms with Crippen LogP contribution in [0.1, 0.15) is 51.0 Å². The van der Waals surface area contributed by atoms with Gasteiger partial charge in [0.25, 0.3) is 0 Å². The third-order valence-corrected chi connectivity index (χ3v) is 5.27. The second-order valence-corrected chi connectivity index (χ2v) is 6.31. The topological polar surface area (TPSA) is 15.3 Å². The minimum atomic E-state index is 0.633. The summed E-state index contributed by atoms with van der Waals surface area (Å²) in [4.78, 5) is 2.59. The molecule has 2 nitrogen and oxygen atoms in total. The fraction of sp³-hybridized carbons (Fsp3) is 0.667. The van der Waals surface area contributed by atoms with E-state index in [4.69, 9.17) is 0 Å². The highest BCUT2D eigenvalue weighted by molar-refractivity contribution is 5.21. The van der Waals surface area contributed by atoms with Gasteiger partial charge in [-0.2, -0.15) is 0 Å². The highest BCUT2D eigenvalue weighted by Gasteiger charge is 2.33. The quantitative estimate of drug-likeness (QED) is 0.882. The zero-order valence-electron chi connectivity index (χ0n) is 13.5. The van der Waals surface area contributed by atoms with E-state index in [2.05, 4.69) is 68.5 Å². The van der Waals surface area contributed by atoms with Gasteiger partial charge < -0.3 is 5.32 Å². The van der Waals surface area contributed by atoms with E-state index in [1.54, 1.807) is 0 Å². The van der Waals surface area contributed by atoms with Crippen molar-refractivity contribution in [2.45, 2.75) is 63.6 Å². The molecular weight excluding hydrogens is 244 g/mol. The number of nitrogens with zero attached hydrogens (tertiary/aromatic N) is 1. The van der Waals surface area contributed by atoms with Gasteiger partial charge in [-0.05, 0) is 58.2 Å². The smallest absolute Gasteiger partial charge is 0.0254 e. The molecule has 2 rings (SSSR count). The lowest BCUT2D eigenvalue weighted by atomic mass is 9.78. The number of likely N-dealkylation sites (N-methyl/N-ethyl adjacent to an activating group) is 2. The zero-order chi connectivity index (χ0) is 14.5. The van der Waals surface area contributed by atoms with Crippen LogP contribution >= 0.6 is 0 Å². The molecule has 0 radical (unpaired) electrons. The first-order valence-corrected chi connectivity index (χ1v) is 8.11. The Bertz CT molecular complexity index is 390. The normalized spacial score (nSPS) is 28.6. The Morgan fingerprint density at radius 1 is 1.25 bits per heavy atom. The van der Waals surface area contributed by atoms with Crippen LogP contribution in [0.4, 0.5) is 0 Å². The maximum absolute atomic E-state index is 3.54. The second kappa shape index (κ2) is 7.24. The highest BCUT2D eigenvalue weighted by Crippen LogP contribution is 2.35. The molecule has 4 atom stereocenters. The largest absolute Gasteiger partial charge is 0.315 e. The van der Waals surface area contributed by atoms with E-state index in [-0.39, 0.29) is 0 Å². The van der Waals surface area contributed by atoms with Crippen molar-refractivity contribution in [3.05, 3.63) is 35.9 Å². The summed E-state index contributed by atoms with van der Waals surface area (Å²) in [5, 5.41) is 3.54. The van der Waals surface area contributed by atoms with Gasteiger partial charge in [-0.15, -0.1) is 0 Å². The Balaban J connectivity index is 2.11. The second-order valence-electron chi connectivity index (χ2n) is 6.31. The van der Waals surface area contributed by atoms with Gasteiger partial charge in [-0.1, -0.05) is 37.3 Å². The third-order valence-electron chi connectivity index (χ3n) is 5.27. The molecule has 0 saturated heterocycles. The average molecular weight is 274 g/mol. The molecule has 0 aromatic heterocycles. The van der Waals surface area contributed by atoms with E-state index in [1.807, 2.05) is 0 Å². The fourth-order valence-electron chi connectivity index (χ4n) is 3.58. The van der Waals surface area contributed by atoms with Gasteiger partial charge in [-0.3, -0.25) is 4.90 Å². The Morgan fingerprint density at radius 2 is 1.95 bits per heavy atom. The lowest BCUT2D eigenvalue weighted by Crippen LogP contribution is -2.53. The van der Waals surface area contributed by atoms with Gasteiger partial charge in [0, 0.05) is 18.1 Å². The molecule has 1 aliphatic carbocycles. The molecule has 1 fully saturated rings. The van der Waals surface area contributed by atoms with Crippen LogP contribution in [-0.4, -0.2) is 37.1 Å². The zero-order valence-corrected chi connectivity index (χ0v) is 13.5. The molecule has 0 aliphatic heterocycles. The van der Waals surface area contributed by atoms with Crippen LogP contribution in [0.2, 0.25) is 0 Å². The summed E-state index contributed by atoms with van der Waals surface area (Å²) in [6.07, 6.45) is 5.08. The maximum atomic E-state index is 3.54. The Hall–Kier alpha value is -0.860. The lowest BCUT2D eigenvalue weighted by molar-refractivity contribution is 0.106. The van der Waals surface area contributed by atoms with Crippen molar-refractivity contribution >= 4 is 0 Å². The van der Waals surface area contributed by atoms with Crippen molar-refractivity contribution in [2.75, 3.05) is 14.1 Å². The molecule has 0 spiro atoms. The number of benzene rings is 1. The predicted molar refractivity (Wildman–Crippen MR) is 87.2 cm³/mol. The summed E-state index contributed by atoms with van der Waals surface area (Å²) in [7, 11) is 4.42. The minimum Gasteiger partial charge on any atom is -0.315 e. The predicted octanol–water partition coefficient (Wildman–Crippen LogP) is 3.64. The van der Waals surface area contributed by atoms with Crippen molar-refractivity contribution in [1.82, 2.24) is 10.2 Å².